The molecular weight excluding hydrogens is 496 g/mol. The number of anilines is 1. The van der Waals surface area contributed by atoms with E-state index in [0.717, 1.165) is 18.7 Å². The molecule has 2 aromatic carbocycles. The Morgan fingerprint density at radius 2 is 1.70 bits per heavy atom. The molecule has 0 spiro atoms. The average molecular weight is 525 g/mol. The molecule has 6 nitrogen and oxygen atoms in total. The zero-order valence-electron chi connectivity index (χ0n) is 17.4. The van der Waals surface area contributed by atoms with E-state index in [1.54, 1.807) is 19.2 Å². The summed E-state index contributed by atoms with van der Waals surface area (Å²) in [7, 11) is 3.58. The number of nitrogens with one attached hydrogen (secondary N) is 1. The number of guanidine groups is 1. The number of hydrogen-bond acceptors (Lipinski definition) is 3. The minimum absolute atomic E-state index is 0. The fraction of sp³-hybridized carbons (Fsp3) is 0.364. The molecule has 162 valence electrons. The lowest BCUT2D eigenvalue weighted by Gasteiger charge is -2.36. The van der Waals surface area contributed by atoms with Gasteiger partial charge in [-0.3, -0.25) is 9.79 Å². The highest BCUT2D eigenvalue weighted by atomic mass is 127. The highest BCUT2D eigenvalue weighted by Gasteiger charge is 2.21. The number of nitrogens with zero attached hydrogens (tertiary/aromatic N) is 4. The molecule has 1 aliphatic rings. The lowest BCUT2D eigenvalue weighted by atomic mass is 10.2. The lowest BCUT2D eigenvalue weighted by molar-refractivity contribution is -0.130. The Morgan fingerprint density at radius 1 is 1.07 bits per heavy atom. The van der Waals surface area contributed by atoms with Gasteiger partial charge in [0, 0.05) is 52.5 Å². The molecule has 0 radical (unpaired) electrons. The molecule has 1 saturated heterocycles. The van der Waals surface area contributed by atoms with Crippen LogP contribution in [-0.2, 0) is 11.3 Å². The van der Waals surface area contributed by atoms with Crippen molar-refractivity contribution in [1.29, 1.82) is 0 Å². The number of carbonyl (C=O) groups is 1. The smallest absolute Gasteiger partial charge is 0.242 e. The number of rotatable bonds is 5. The van der Waals surface area contributed by atoms with E-state index in [1.807, 2.05) is 35.0 Å². The standard InChI is InChI=1S/C22H28FN5O.HI/c1-24-22(26(2)17-18-8-10-19(23)11-9-18)25-16-21(29)28-14-12-27(13-15-28)20-6-4-3-5-7-20;/h3-11H,12-17H2,1-2H3,(H,24,25);1H. The van der Waals surface area contributed by atoms with Crippen LogP contribution in [0.2, 0.25) is 0 Å². The molecule has 30 heavy (non-hydrogen) atoms. The van der Waals surface area contributed by atoms with Crippen molar-refractivity contribution in [2.75, 3.05) is 51.7 Å². The second-order valence-electron chi connectivity index (χ2n) is 7.09. The number of hydrogen-bond donors (Lipinski definition) is 1. The van der Waals surface area contributed by atoms with E-state index in [0.29, 0.717) is 25.6 Å². The molecule has 0 aliphatic carbocycles. The molecular formula is C22H29FIN5O. The predicted molar refractivity (Wildman–Crippen MR) is 130 cm³/mol. The van der Waals surface area contributed by atoms with Crippen LogP contribution in [0.3, 0.4) is 0 Å². The van der Waals surface area contributed by atoms with E-state index in [4.69, 9.17) is 0 Å². The van der Waals surface area contributed by atoms with Gasteiger partial charge in [-0.05, 0) is 29.8 Å². The van der Waals surface area contributed by atoms with Gasteiger partial charge < -0.3 is 20.0 Å². The third-order valence-electron chi connectivity index (χ3n) is 5.06. The minimum Gasteiger partial charge on any atom is -0.368 e. The summed E-state index contributed by atoms with van der Waals surface area (Å²) >= 11 is 0. The van der Waals surface area contributed by atoms with Crippen molar-refractivity contribution in [1.82, 2.24) is 15.1 Å². The molecule has 1 amide bonds. The van der Waals surface area contributed by atoms with Crippen molar-refractivity contribution >= 4 is 41.5 Å². The van der Waals surface area contributed by atoms with E-state index >= 15 is 0 Å². The van der Waals surface area contributed by atoms with Gasteiger partial charge in [0.15, 0.2) is 5.96 Å². The predicted octanol–water partition coefficient (Wildman–Crippen LogP) is 2.80. The minimum atomic E-state index is -0.253. The number of para-hydroxylation sites is 1. The highest BCUT2D eigenvalue weighted by molar-refractivity contribution is 14.0. The number of benzene rings is 2. The van der Waals surface area contributed by atoms with Gasteiger partial charge in [-0.15, -0.1) is 24.0 Å². The maximum atomic E-state index is 13.1. The van der Waals surface area contributed by atoms with E-state index in [1.165, 1.54) is 17.8 Å². The van der Waals surface area contributed by atoms with Crippen molar-refractivity contribution in [2.45, 2.75) is 6.54 Å². The topological polar surface area (TPSA) is 51.2 Å². The van der Waals surface area contributed by atoms with Gasteiger partial charge in [0.2, 0.25) is 5.91 Å². The highest BCUT2D eigenvalue weighted by Crippen LogP contribution is 2.15. The fourth-order valence-electron chi connectivity index (χ4n) is 3.44. The maximum absolute atomic E-state index is 13.1. The second-order valence-corrected chi connectivity index (χ2v) is 7.09. The zero-order valence-corrected chi connectivity index (χ0v) is 19.8. The molecule has 1 aliphatic heterocycles. The summed E-state index contributed by atoms with van der Waals surface area (Å²) in [6, 6.07) is 16.6. The number of carbonyl (C=O) groups excluding carboxylic acids is 1. The Hall–Kier alpha value is -2.36. The average Bonchev–Trinajstić information content (AvgIpc) is 2.76. The van der Waals surface area contributed by atoms with E-state index in [-0.39, 0.29) is 42.2 Å². The van der Waals surface area contributed by atoms with Gasteiger partial charge in [0.05, 0.1) is 6.54 Å². The van der Waals surface area contributed by atoms with Crippen molar-refractivity contribution in [3.63, 3.8) is 0 Å². The third kappa shape index (κ3) is 6.58. The van der Waals surface area contributed by atoms with Gasteiger partial charge >= 0.3 is 0 Å². The van der Waals surface area contributed by atoms with E-state index < -0.39 is 0 Å². The lowest BCUT2D eigenvalue weighted by Crippen LogP contribution is -2.52. The molecule has 1 heterocycles. The zero-order chi connectivity index (χ0) is 20.6. The molecule has 0 saturated carbocycles. The summed E-state index contributed by atoms with van der Waals surface area (Å²) in [5.41, 5.74) is 2.17. The number of halogens is 2. The first-order valence-electron chi connectivity index (χ1n) is 9.81. The van der Waals surface area contributed by atoms with Crippen LogP contribution in [-0.4, -0.2) is 68.5 Å². The van der Waals surface area contributed by atoms with Crippen molar-refractivity contribution in [3.8, 4) is 0 Å². The van der Waals surface area contributed by atoms with Gasteiger partial charge in [-0.25, -0.2) is 4.39 Å². The number of amides is 1. The number of aliphatic imine (C=N–C) groups is 1. The summed E-state index contributed by atoms with van der Waals surface area (Å²) < 4.78 is 13.1. The van der Waals surface area contributed by atoms with Gasteiger partial charge in [0.1, 0.15) is 5.82 Å². The molecule has 0 aromatic heterocycles. The maximum Gasteiger partial charge on any atom is 0.242 e. The summed E-state index contributed by atoms with van der Waals surface area (Å²) in [5, 5.41) is 3.14. The third-order valence-corrected chi connectivity index (χ3v) is 5.06. The molecule has 1 fully saturated rings. The summed E-state index contributed by atoms with van der Waals surface area (Å²) in [6.45, 7) is 3.85. The van der Waals surface area contributed by atoms with Crippen LogP contribution in [0.5, 0.6) is 0 Å². The summed E-state index contributed by atoms with van der Waals surface area (Å²) in [6.07, 6.45) is 0. The largest absolute Gasteiger partial charge is 0.368 e. The van der Waals surface area contributed by atoms with Crippen LogP contribution in [0.1, 0.15) is 5.56 Å². The van der Waals surface area contributed by atoms with Crippen molar-refractivity contribution in [3.05, 3.63) is 66.0 Å². The van der Waals surface area contributed by atoms with Crippen LogP contribution in [0, 0.1) is 5.82 Å². The molecule has 2 aromatic rings. The number of piperazine rings is 1. The Morgan fingerprint density at radius 3 is 2.30 bits per heavy atom. The molecule has 0 atom stereocenters. The van der Waals surface area contributed by atoms with Crippen LogP contribution in [0.4, 0.5) is 10.1 Å². The Bertz CT molecular complexity index is 823. The van der Waals surface area contributed by atoms with Crippen molar-refractivity contribution < 1.29 is 9.18 Å². The van der Waals surface area contributed by atoms with E-state index in [9.17, 15) is 9.18 Å². The molecule has 8 heteroatoms. The quantitative estimate of drug-likeness (QED) is 0.371. The van der Waals surface area contributed by atoms with E-state index in [2.05, 4.69) is 27.3 Å². The molecule has 3 rings (SSSR count). The Labute approximate surface area is 194 Å². The van der Waals surface area contributed by atoms with Crippen LogP contribution >= 0.6 is 24.0 Å². The van der Waals surface area contributed by atoms with Gasteiger partial charge in [-0.1, -0.05) is 30.3 Å². The van der Waals surface area contributed by atoms with Crippen LogP contribution < -0.4 is 10.2 Å². The normalized spacial score (nSPS) is 14.2. The Balaban J connectivity index is 0.00000320. The first-order valence-corrected chi connectivity index (χ1v) is 9.81. The molecule has 1 N–H and O–H groups in total. The van der Waals surface area contributed by atoms with Crippen LogP contribution in [0.25, 0.3) is 0 Å². The second kappa shape index (κ2) is 11.7. The molecule has 0 bridgehead atoms. The van der Waals surface area contributed by atoms with Gasteiger partial charge in [0.25, 0.3) is 0 Å². The van der Waals surface area contributed by atoms with Crippen molar-refractivity contribution in [2.24, 2.45) is 4.99 Å². The SMILES string of the molecule is CN=C(NCC(=O)N1CCN(c2ccccc2)CC1)N(C)Cc1ccc(F)cc1.I. The Kier molecular flexibility index (Phi) is 9.35. The van der Waals surface area contributed by atoms with Gasteiger partial charge in [-0.2, -0.15) is 0 Å². The first kappa shape index (κ1) is 23.9. The summed E-state index contributed by atoms with van der Waals surface area (Å²) in [4.78, 5) is 23.0. The monoisotopic (exact) mass is 525 g/mol. The first-order chi connectivity index (χ1) is 14.1. The summed E-state index contributed by atoms with van der Waals surface area (Å²) in [5.74, 6) is 0.441. The van der Waals surface area contributed by atoms with Crippen LogP contribution in [0.15, 0.2) is 59.6 Å². The fourth-order valence-corrected chi connectivity index (χ4v) is 3.44. The molecule has 0 unspecified atom stereocenters.